The summed E-state index contributed by atoms with van der Waals surface area (Å²) in [6.45, 7) is 6.29. The fourth-order valence-electron chi connectivity index (χ4n) is 3.28. The zero-order valence-electron chi connectivity index (χ0n) is 13.6. The number of hydrogen-bond acceptors (Lipinski definition) is 3. The van der Waals surface area contributed by atoms with Crippen molar-refractivity contribution in [2.75, 3.05) is 20.3 Å². The van der Waals surface area contributed by atoms with Gasteiger partial charge in [-0.2, -0.15) is 0 Å². The maximum atomic E-state index is 5.78. The summed E-state index contributed by atoms with van der Waals surface area (Å²) in [4.78, 5) is 0. The van der Waals surface area contributed by atoms with E-state index >= 15 is 0 Å². The largest absolute Gasteiger partial charge is 0.493 e. The Kier molecular flexibility index (Phi) is 6.52. The summed E-state index contributed by atoms with van der Waals surface area (Å²) >= 11 is 0. The highest BCUT2D eigenvalue weighted by Gasteiger charge is 2.27. The lowest BCUT2D eigenvalue weighted by Crippen LogP contribution is -2.42. The molecule has 0 spiro atoms. The third-order valence-electron chi connectivity index (χ3n) is 4.43. The lowest BCUT2D eigenvalue weighted by molar-refractivity contribution is 0.0583. The van der Waals surface area contributed by atoms with Crippen LogP contribution in [0.3, 0.4) is 0 Å². The lowest BCUT2D eigenvalue weighted by Gasteiger charge is -2.32. The first-order chi connectivity index (χ1) is 10.3. The molecule has 3 unspecified atom stereocenters. The lowest BCUT2D eigenvalue weighted by atomic mass is 9.85. The molecule has 0 saturated heterocycles. The molecule has 0 bridgehead atoms. The molecule has 118 valence electrons. The van der Waals surface area contributed by atoms with Gasteiger partial charge >= 0.3 is 0 Å². The molecular formula is C18H29NO2. The molecule has 1 N–H and O–H groups in total. The normalized spacial score (nSPS) is 20.4. The highest BCUT2D eigenvalue weighted by Crippen LogP contribution is 2.36. The third-order valence-corrected chi connectivity index (χ3v) is 4.43. The summed E-state index contributed by atoms with van der Waals surface area (Å²) in [6.07, 6.45) is 4.70. The molecule has 0 aromatic heterocycles. The zero-order valence-corrected chi connectivity index (χ0v) is 13.6. The van der Waals surface area contributed by atoms with Crippen molar-refractivity contribution in [3.05, 3.63) is 29.8 Å². The van der Waals surface area contributed by atoms with Crippen LogP contribution in [0.2, 0.25) is 0 Å². The van der Waals surface area contributed by atoms with Crippen LogP contribution in [0.15, 0.2) is 24.3 Å². The number of methoxy groups -OCH3 is 1. The topological polar surface area (TPSA) is 30.5 Å². The van der Waals surface area contributed by atoms with Crippen LogP contribution < -0.4 is 10.1 Å². The Morgan fingerprint density at radius 1 is 1.33 bits per heavy atom. The molecule has 1 aromatic carbocycles. The van der Waals surface area contributed by atoms with Gasteiger partial charge in [-0.15, -0.1) is 0 Å². The fraction of sp³-hybridized carbons (Fsp3) is 0.667. The van der Waals surface area contributed by atoms with Gasteiger partial charge in [-0.05, 0) is 49.8 Å². The van der Waals surface area contributed by atoms with Crippen LogP contribution in [0, 0.1) is 0 Å². The quantitative estimate of drug-likeness (QED) is 0.791. The van der Waals surface area contributed by atoms with Gasteiger partial charge in [0.05, 0.1) is 12.7 Å². The molecule has 0 saturated carbocycles. The molecule has 21 heavy (non-hydrogen) atoms. The van der Waals surface area contributed by atoms with Crippen LogP contribution in [0.1, 0.15) is 51.0 Å². The number of para-hydroxylation sites is 1. The minimum Gasteiger partial charge on any atom is -0.493 e. The van der Waals surface area contributed by atoms with Gasteiger partial charge in [0.2, 0.25) is 0 Å². The van der Waals surface area contributed by atoms with Gasteiger partial charge in [-0.25, -0.2) is 0 Å². The molecule has 0 amide bonds. The zero-order chi connectivity index (χ0) is 15.1. The molecule has 1 aromatic rings. The summed E-state index contributed by atoms with van der Waals surface area (Å²) in [5, 5.41) is 3.68. The molecule has 0 fully saturated rings. The van der Waals surface area contributed by atoms with Gasteiger partial charge < -0.3 is 14.8 Å². The Morgan fingerprint density at radius 3 is 2.86 bits per heavy atom. The van der Waals surface area contributed by atoms with E-state index in [-0.39, 0.29) is 6.10 Å². The van der Waals surface area contributed by atoms with E-state index in [0.29, 0.717) is 12.0 Å². The maximum Gasteiger partial charge on any atom is 0.122 e. The molecule has 0 aliphatic carbocycles. The minimum absolute atomic E-state index is 0.284. The first kappa shape index (κ1) is 16.3. The van der Waals surface area contributed by atoms with Gasteiger partial charge in [0.25, 0.3) is 0 Å². The van der Waals surface area contributed by atoms with Gasteiger partial charge in [-0.1, -0.05) is 32.0 Å². The third kappa shape index (κ3) is 4.21. The van der Waals surface area contributed by atoms with Crippen molar-refractivity contribution in [1.82, 2.24) is 5.32 Å². The average molecular weight is 291 g/mol. The van der Waals surface area contributed by atoms with E-state index in [1.165, 1.54) is 5.56 Å². The maximum absolute atomic E-state index is 5.78. The van der Waals surface area contributed by atoms with E-state index < -0.39 is 0 Å². The van der Waals surface area contributed by atoms with Crippen molar-refractivity contribution in [3.63, 3.8) is 0 Å². The molecule has 3 atom stereocenters. The number of rotatable bonds is 8. The first-order valence-electron chi connectivity index (χ1n) is 8.28. The van der Waals surface area contributed by atoms with Crippen LogP contribution in [-0.4, -0.2) is 32.4 Å². The first-order valence-corrected chi connectivity index (χ1v) is 8.28. The van der Waals surface area contributed by atoms with Crippen LogP contribution in [0.4, 0.5) is 0 Å². The Bertz CT molecular complexity index is 417. The SMILES string of the molecule is CCCNC(CC1CCOc2ccccc21)C(CC)OC. The van der Waals surface area contributed by atoms with Crippen molar-refractivity contribution >= 4 is 0 Å². The Morgan fingerprint density at radius 2 is 2.14 bits per heavy atom. The molecule has 1 aliphatic heterocycles. The van der Waals surface area contributed by atoms with Gasteiger partial charge in [0, 0.05) is 13.2 Å². The van der Waals surface area contributed by atoms with E-state index in [0.717, 1.165) is 44.6 Å². The molecule has 3 heteroatoms. The molecule has 1 aliphatic rings. The van der Waals surface area contributed by atoms with E-state index in [1.807, 2.05) is 7.11 Å². The summed E-state index contributed by atoms with van der Waals surface area (Å²) in [5.41, 5.74) is 1.36. The highest BCUT2D eigenvalue weighted by molar-refractivity contribution is 5.37. The number of fused-ring (bicyclic) bond motifs is 1. The average Bonchev–Trinajstić information content (AvgIpc) is 2.53. The van der Waals surface area contributed by atoms with E-state index in [9.17, 15) is 0 Å². The van der Waals surface area contributed by atoms with Crippen molar-refractivity contribution in [3.8, 4) is 5.75 Å². The van der Waals surface area contributed by atoms with E-state index in [4.69, 9.17) is 9.47 Å². The standard InChI is InChI=1S/C18H29NO2/c1-4-11-19-16(17(5-2)20-3)13-14-10-12-21-18-9-7-6-8-15(14)18/h6-9,14,16-17,19H,4-5,10-13H2,1-3H3. The summed E-state index contributed by atoms with van der Waals surface area (Å²) in [5.74, 6) is 1.63. The van der Waals surface area contributed by atoms with Gasteiger partial charge in [-0.3, -0.25) is 0 Å². The Labute approximate surface area is 129 Å². The number of ether oxygens (including phenoxy) is 2. The van der Waals surface area contributed by atoms with Crippen LogP contribution in [0.5, 0.6) is 5.75 Å². The van der Waals surface area contributed by atoms with Crippen molar-refractivity contribution in [1.29, 1.82) is 0 Å². The Hall–Kier alpha value is -1.06. The summed E-state index contributed by atoms with van der Waals surface area (Å²) < 4.78 is 11.5. The Balaban J connectivity index is 2.09. The molecule has 0 radical (unpaired) electrons. The number of nitrogens with one attached hydrogen (secondary N) is 1. The minimum atomic E-state index is 0.284. The number of hydrogen-bond donors (Lipinski definition) is 1. The molecule has 1 heterocycles. The predicted molar refractivity (Wildman–Crippen MR) is 87.1 cm³/mol. The smallest absolute Gasteiger partial charge is 0.122 e. The monoisotopic (exact) mass is 291 g/mol. The van der Waals surface area contributed by atoms with Crippen LogP contribution in [-0.2, 0) is 4.74 Å². The van der Waals surface area contributed by atoms with Gasteiger partial charge in [0.15, 0.2) is 0 Å². The summed E-state index contributed by atoms with van der Waals surface area (Å²) in [7, 11) is 1.83. The second-order valence-corrected chi connectivity index (χ2v) is 5.85. The second-order valence-electron chi connectivity index (χ2n) is 5.85. The highest BCUT2D eigenvalue weighted by atomic mass is 16.5. The summed E-state index contributed by atoms with van der Waals surface area (Å²) in [6, 6.07) is 8.88. The number of benzene rings is 1. The van der Waals surface area contributed by atoms with Crippen molar-refractivity contribution < 1.29 is 9.47 Å². The predicted octanol–water partition coefficient (Wildman–Crippen LogP) is 3.74. The van der Waals surface area contributed by atoms with Crippen LogP contribution >= 0.6 is 0 Å². The molecule has 2 rings (SSSR count). The second kappa shape index (κ2) is 8.40. The molecule has 3 nitrogen and oxygen atoms in total. The van der Waals surface area contributed by atoms with Crippen molar-refractivity contribution in [2.45, 2.75) is 57.6 Å². The van der Waals surface area contributed by atoms with E-state index in [1.54, 1.807) is 0 Å². The van der Waals surface area contributed by atoms with E-state index in [2.05, 4.69) is 43.4 Å². The fourth-order valence-corrected chi connectivity index (χ4v) is 3.28. The van der Waals surface area contributed by atoms with Crippen molar-refractivity contribution in [2.24, 2.45) is 0 Å². The van der Waals surface area contributed by atoms with Gasteiger partial charge in [0.1, 0.15) is 5.75 Å². The molecular weight excluding hydrogens is 262 g/mol. The van der Waals surface area contributed by atoms with Crippen LogP contribution in [0.25, 0.3) is 0 Å².